The van der Waals surface area contributed by atoms with Crippen molar-refractivity contribution in [3.63, 3.8) is 0 Å². The number of Topliss-reactive ketones (excluding diaryl/α,β-unsaturated/α-hetero) is 1. The van der Waals surface area contributed by atoms with E-state index in [2.05, 4.69) is 5.32 Å². The third-order valence-electron chi connectivity index (χ3n) is 2.02. The second-order valence-electron chi connectivity index (χ2n) is 5.00. The Hall–Kier alpha value is -0.860. The summed E-state index contributed by atoms with van der Waals surface area (Å²) in [4.78, 5) is 23.0. The van der Waals surface area contributed by atoms with Crippen LogP contribution in [0.2, 0.25) is 0 Å². The van der Waals surface area contributed by atoms with Gasteiger partial charge < -0.3 is 5.32 Å². The number of amides is 1. The molecule has 1 atom stereocenters. The SMILES string of the molecule is CC(C)C(=O)[C@@H](C)NC(=O)C(C)(C)C. The average molecular weight is 199 g/mol. The predicted octanol–water partition coefficient (Wildman–Crippen LogP) is 1.76. The first kappa shape index (κ1) is 13.1. The van der Waals surface area contributed by atoms with Gasteiger partial charge in [0.2, 0.25) is 5.91 Å². The van der Waals surface area contributed by atoms with Crippen LogP contribution < -0.4 is 5.32 Å². The lowest BCUT2D eigenvalue weighted by Crippen LogP contribution is -2.45. The molecule has 1 amide bonds. The topological polar surface area (TPSA) is 46.2 Å². The van der Waals surface area contributed by atoms with Gasteiger partial charge in [-0.25, -0.2) is 0 Å². The van der Waals surface area contributed by atoms with Gasteiger partial charge in [0.25, 0.3) is 0 Å². The normalized spacial score (nSPS) is 13.9. The Morgan fingerprint density at radius 2 is 1.50 bits per heavy atom. The predicted molar refractivity (Wildman–Crippen MR) is 56.9 cm³/mol. The smallest absolute Gasteiger partial charge is 0.225 e. The Labute approximate surface area is 86.3 Å². The largest absolute Gasteiger partial charge is 0.346 e. The van der Waals surface area contributed by atoms with Crippen LogP contribution >= 0.6 is 0 Å². The van der Waals surface area contributed by atoms with Crippen LogP contribution in [0.3, 0.4) is 0 Å². The summed E-state index contributed by atoms with van der Waals surface area (Å²) in [6.45, 7) is 10.9. The zero-order valence-corrected chi connectivity index (χ0v) is 9.97. The number of rotatable bonds is 3. The minimum Gasteiger partial charge on any atom is -0.346 e. The van der Waals surface area contributed by atoms with E-state index in [1.807, 2.05) is 34.6 Å². The maximum Gasteiger partial charge on any atom is 0.225 e. The van der Waals surface area contributed by atoms with Gasteiger partial charge in [0.1, 0.15) is 0 Å². The number of carbonyl (C=O) groups excluding carboxylic acids is 2. The van der Waals surface area contributed by atoms with Gasteiger partial charge in [0, 0.05) is 11.3 Å². The molecule has 0 aromatic rings. The van der Waals surface area contributed by atoms with Gasteiger partial charge in [-0.05, 0) is 6.92 Å². The summed E-state index contributed by atoms with van der Waals surface area (Å²) in [5.41, 5.74) is -0.439. The molecule has 1 N–H and O–H groups in total. The Morgan fingerprint density at radius 3 is 1.79 bits per heavy atom. The molecule has 0 aromatic heterocycles. The molecule has 0 saturated carbocycles. The molecule has 0 unspecified atom stereocenters. The zero-order valence-electron chi connectivity index (χ0n) is 9.97. The van der Waals surface area contributed by atoms with Crippen LogP contribution in [0.4, 0.5) is 0 Å². The van der Waals surface area contributed by atoms with Crippen LogP contribution in [0, 0.1) is 11.3 Å². The molecule has 0 aromatic carbocycles. The fourth-order valence-corrected chi connectivity index (χ4v) is 0.984. The van der Waals surface area contributed by atoms with E-state index in [4.69, 9.17) is 0 Å². The van der Waals surface area contributed by atoms with Gasteiger partial charge in [-0.15, -0.1) is 0 Å². The van der Waals surface area contributed by atoms with Crippen molar-refractivity contribution in [1.82, 2.24) is 5.32 Å². The van der Waals surface area contributed by atoms with Crippen LogP contribution in [0.5, 0.6) is 0 Å². The first-order chi connectivity index (χ1) is 6.16. The lowest BCUT2D eigenvalue weighted by atomic mass is 9.94. The lowest BCUT2D eigenvalue weighted by molar-refractivity contribution is -0.133. The van der Waals surface area contributed by atoms with Gasteiger partial charge in [0.05, 0.1) is 6.04 Å². The van der Waals surface area contributed by atoms with Crippen LogP contribution in [0.15, 0.2) is 0 Å². The summed E-state index contributed by atoms with van der Waals surface area (Å²) in [5, 5.41) is 2.71. The molecule has 0 aliphatic rings. The van der Waals surface area contributed by atoms with Crippen molar-refractivity contribution >= 4 is 11.7 Å². The maximum absolute atomic E-state index is 11.5. The van der Waals surface area contributed by atoms with Crippen molar-refractivity contribution in [1.29, 1.82) is 0 Å². The second-order valence-corrected chi connectivity index (χ2v) is 5.00. The Bertz CT molecular complexity index is 226. The molecule has 3 heteroatoms. The molecule has 0 rings (SSSR count). The molecular formula is C11H21NO2. The summed E-state index contributed by atoms with van der Waals surface area (Å²) >= 11 is 0. The number of nitrogens with one attached hydrogen (secondary N) is 1. The minimum absolute atomic E-state index is 0.0368. The van der Waals surface area contributed by atoms with E-state index in [-0.39, 0.29) is 23.7 Å². The molecule has 3 nitrogen and oxygen atoms in total. The highest BCUT2D eigenvalue weighted by Gasteiger charge is 2.25. The van der Waals surface area contributed by atoms with Crippen molar-refractivity contribution in [3.05, 3.63) is 0 Å². The highest BCUT2D eigenvalue weighted by atomic mass is 16.2. The van der Waals surface area contributed by atoms with Gasteiger partial charge in [-0.2, -0.15) is 0 Å². The summed E-state index contributed by atoms with van der Waals surface area (Å²) in [6.07, 6.45) is 0. The molecule has 14 heavy (non-hydrogen) atoms. The number of hydrogen-bond acceptors (Lipinski definition) is 2. The molecule has 0 radical (unpaired) electrons. The summed E-state index contributed by atoms with van der Waals surface area (Å²) in [5.74, 6) is -0.0492. The molecule has 0 aliphatic carbocycles. The van der Waals surface area contributed by atoms with Gasteiger partial charge in [0.15, 0.2) is 5.78 Å². The molecular weight excluding hydrogens is 178 g/mol. The van der Waals surface area contributed by atoms with Crippen LogP contribution in [-0.2, 0) is 9.59 Å². The van der Waals surface area contributed by atoms with E-state index in [9.17, 15) is 9.59 Å². The quantitative estimate of drug-likeness (QED) is 0.753. The fourth-order valence-electron chi connectivity index (χ4n) is 0.984. The van der Waals surface area contributed by atoms with Gasteiger partial charge >= 0.3 is 0 Å². The highest BCUT2D eigenvalue weighted by Crippen LogP contribution is 2.13. The molecule has 0 saturated heterocycles. The molecule has 0 bridgehead atoms. The number of carbonyl (C=O) groups is 2. The van der Waals surface area contributed by atoms with E-state index in [1.54, 1.807) is 6.92 Å². The van der Waals surface area contributed by atoms with E-state index >= 15 is 0 Å². The summed E-state index contributed by atoms with van der Waals surface area (Å²) < 4.78 is 0. The van der Waals surface area contributed by atoms with Crippen molar-refractivity contribution in [2.45, 2.75) is 47.6 Å². The first-order valence-corrected chi connectivity index (χ1v) is 5.01. The van der Waals surface area contributed by atoms with E-state index in [1.165, 1.54) is 0 Å². The third kappa shape index (κ3) is 3.90. The van der Waals surface area contributed by atoms with Crippen LogP contribution in [0.1, 0.15) is 41.5 Å². The summed E-state index contributed by atoms with van der Waals surface area (Å²) in [6, 6.07) is -0.387. The van der Waals surface area contributed by atoms with Crippen molar-refractivity contribution in [2.75, 3.05) is 0 Å². The van der Waals surface area contributed by atoms with Gasteiger partial charge in [-0.3, -0.25) is 9.59 Å². The Kier molecular flexibility index (Phi) is 4.30. The second kappa shape index (κ2) is 4.58. The third-order valence-corrected chi connectivity index (χ3v) is 2.02. The highest BCUT2D eigenvalue weighted by molar-refractivity contribution is 5.91. The fraction of sp³-hybridized carbons (Fsp3) is 0.818. The maximum atomic E-state index is 11.5. The zero-order chi connectivity index (χ0) is 11.5. The molecule has 0 spiro atoms. The Balaban J connectivity index is 4.27. The van der Waals surface area contributed by atoms with E-state index < -0.39 is 5.41 Å². The monoisotopic (exact) mass is 199 g/mol. The minimum atomic E-state index is -0.439. The molecule has 0 heterocycles. The number of hydrogen-bond donors (Lipinski definition) is 1. The summed E-state index contributed by atoms with van der Waals surface area (Å²) in [7, 11) is 0. The molecule has 0 fully saturated rings. The standard InChI is InChI=1S/C11H21NO2/c1-7(2)9(13)8(3)12-10(14)11(4,5)6/h7-8H,1-6H3,(H,12,14)/t8-/m1/s1. The van der Waals surface area contributed by atoms with Crippen molar-refractivity contribution in [3.8, 4) is 0 Å². The molecule has 0 aliphatic heterocycles. The van der Waals surface area contributed by atoms with E-state index in [0.717, 1.165) is 0 Å². The van der Waals surface area contributed by atoms with Gasteiger partial charge in [-0.1, -0.05) is 34.6 Å². The average Bonchev–Trinajstić information content (AvgIpc) is 2.00. The van der Waals surface area contributed by atoms with Crippen molar-refractivity contribution < 1.29 is 9.59 Å². The van der Waals surface area contributed by atoms with Crippen LogP contribution in [-0.4, -0.2) is 17.7 Å². The molecule has 82 valence electrons. The van der Waals surface area contributed by atoms with E-state index in [0.29, 0.717) is 0 Å². The number of ketones is 1. The first-order valence-electron chi connectivity index (χ1n) is 5.01. The Morgan fingerprint density at radius 1 is 1.07 bits per heavy atom. The van der Waals surface area contributed by atoms with Crippen LogP contribution in [0.25, 0.3) is 0 Å². The lowest BCUT2D eigenvalue weighted by Gasteiger charge is -2.22. The van der Waals surface area contributed by atoms with Crippen molar-refractivity contribution in [2.24, 2.45) is 11.3 Å².